The zero-order valence-corrected chi connectivity index (χ0v) is 13.1. The molecule has 1 atom stereocenters. The lowest BCUT2D eigenvalue weighted by molar-refractivity contribution is 0.445. The summed E-state index contributed by atoms with van der Waals surface area (Å²) >= 11 is 0. The van der Waals surface area contributed by atoms with Gasteiger partial charge in [0.1, 0.15) is 0 Å². The second-order valence-electron chi connectivity index (χ2n) is 6.47. The fraction of sp³-hybridized carbons (Fsp3) is 0.611. The van der Waals surface area contributed by atoms with Crippen LogP contribution in [0.2, 0.25) is 0 Å². The molecule has 0 spiro atoms. The van der Waals surface area contributed by atoms with E-state index in [-0.39, 0.29) is 6.04 Å². The minimum atomic E-state index is 0.245. The van der Waals surface area contributed by atoms with Crippen LogP contribution in [0.3, 0.4) is 0 Å². The van der Waals surface area contributed by atoms with Gasteiger partial charge in [0, 0.05) is 24.4 Å². The van der Waals surface area contributed by atoms with Crippen LogP contribution >= 0.6 is 0 Å². The van der Waals surface area contributed by atoms with Gasteiger partial charge in [-0.15, -0.1) is 0 Å². The lowest BCUT2D eigenvalue weighted by atomic mass is 9.96. The second-order valence-corrected chi connectivity index (χ2v) is 6.47. The first-order valence-electron chi connectivity index (χ1n) is 8.48. The van der Waals surface area contributed by atoms with Crippen molar-refractivity contribution in [1.29, 1.82) is 0 Å². The predicted molar refractivity (Wildman–Crippen MR) is 88.3 cm³/mol. The third-order valence-electron chi connectivity index (χ3n) is 4.91. The van der Waals surface area contributed by atoms with Crippen LogP contribution in [-0.2, 0) is 13.0 Å². The molecule has 1 saturated carbocycles. The maximum absolute atomic E-state index is 6.38. The summed E-state index contributed by atoms with van der Waals surface area (Å²) in [5.74, 6) is 0.931. The largest absolute Gasteiger partial charge is 0.327 e. The van der Waals surface area contributed by atoms with Crippen LogP contribution < -0.4 is 5.73 Å². The fourth-order valence-corrected chi connectivity index (χ4v) is 3.69. The van der Waals surface area contributed by atoms with E-state index >= 15 is 0 Å². The molecule has 114 valence electrons. The number of hydrogen-bond acceptors (Lipinski definition) is 2. The van der Waals surface area contributed by atoms with E-state index in [0.29, 0.717) is 0 Å². The monoisotopic (exact) mass is 285 g/mol. The summed E-state index contributed by atoms with van der Waals surface area (Å²) < 4.78 is 2.09. The van der Waals surface area contributed by atoms with Gasteiger partial charge in [0.05, 0.1) is 11.2 Å². The zero-order valence-electron chi connectivity index (χ0n) is 13.1. The van der Waals surface area contributed by atoms with Gasteiger partial charge in [-0.3, -0.25) is 4.68 Å². The van der Waals surface area contributed by atoms with Crippen LogP contribution in [0.1, 0.15) is 51.1 Å². The number of nitrogens with two attached hydrogens (primary N) is 1. The molecule has 0 amide bonds. The first-order valence-corrected chi connectivity index (χ1v) is 8.48. The van der Waals surface area contributed by atoms with Gasteiger partial charge in [-0.05, 0) is 31.7 Å². The van der Waals surface area contributed by atoms with E-state index < -0.39 is 0 Å². The molecule has 1 fully saturated rings. The third-order valence-corrected chi connectivity index (χ3v) is 4.91. The van der Waals surface area contributed by atoms with Gasteiger partial charge < -0.3 is 5.73 Å². The standard InChI is InChI=1S/C18H27N3/c1-2-21-18-10-6-5-9-16(18)17(20-21)13-15(19)12-11-14-7-3-4-8-14/h5-6,9-10,14-15H,2-4,7-8,11-13,19H2,1H3. The molecule has 0 saturated heterocycles. The van der Waals surface area contributed by atoms with E-state index in [1.54, 1.807) is 0 Å². The van der Waals surface area contributed by atoms with Gasteiger partial charge >= 0.3 is 0 Å². The molecule has 1 aliphatic rings. The molecule has 0 aliphatic heterocycles. The van der Waals surface area contributed by atoms with Gasteiger partial charge in [-0.1, -0.05) is 43.9 Å². The Balaban J connectivity index is 1.66. The summed E-state index contributed by atoms with van der Waals surface area (Å²) in [6.45, 7) is 3.06. The Bertz CT molecular complexity index is 581. The first-order chi connectivity index (χ1) is 10.3. The molecule has 3 rings (SSSR count). The Labute approximate surface area is 127 Å². The molecule has 0 bridgehead atoms. The van der Waals surface area contributed by atoms with Crippen LogP contribution in [0, 0.1) is 5.92 Å². The molecule has 21 heavy (non-hydrogen) atoms. The van der Waals surface area contributed by atoms with Crippen molar-refractivity contribution in [3.8, 4) is 0 Å². The number of hydrogen-bond donors (Lipinski definition) is 1. The molecule has 1 aliphatic carbocycles. The van der Waals surface area contributed by atoms with Crippen molar-refractivity contribution >= 4 is 10.9 Å². The van der Waals surface area contributed by atoms with Gasteiger partial charge in [0.15, 0.2) is 0 Å². The molecule has 1 unspecified atom stereocenters. The number of aryl methyl sites for hydroxylation is 1. The molecule has 2 N–H and O–H groups in total. The molecule has 1 aromatic carbocycles. The van der Waals surface area contributed by atoms with Gasteiger partial charge in [-0.25, -0.2) is 0 Å². The highest BCUT2D eigenvalue weighted by Gasteiger charge is 2.17. The van der Waals surface area contributed by atoms with E-state index in [0.717, 1.165) is 25.3 Å². The average Bonchev–Trinajstić information content (AvgIpc) is 3.13. The Kier molecular flexibility index (Phi) is 4.59. The number of rotatable bonds is 6. The fourth-order valence-electron chi connectivity index (χ4n) is 3.69. The van der Waals surface area contributed by atoms with Crippen LogP contribution in [0.5, 0.6) is 0 Å². The van der Waals surface area contributed by atoms with Crippen molar-refractivity contribution in [2.24, 2.45) is 11.7 Å². The Morgan fingerprint density at radius 3 is 2.81 bits per heavy atom. The van der Waals surface area contributed by atoms with Gasteiger partial charge in [0.25, 0.3) is 0 Å². The van der Waals surface area contributed by atoms with Crippen molar-refractivity contribution in [2.75, 3.05) is 0 Å². The third kappa shape index (κ3) is 3.29. The van der Waals surface area contributed by atoms with Crippen molar-refractivity contribution in [3.63, 3.8) is 0 Å². The number of benzene rings is 1. The maximum Gasteiger partial charge on any atom is 0.0718 e. The summed E-state index contributed by atoms with van der Waals surface area (Å²) in [4.78, 5) is 0. The molecular weight excluding hydrogens is 258 g/mol. The SMILES string of the molecule is CCn1nc(CC(N)CCC2CCCC2)c2ccccc21. The van der Waals surface area contributed by atoms with Crippen molar-refractivity contribution in [2.45, 2.75) is 64.5 Å². The lowest BCUT2D eigenvalue weighted by Gasteiger charge is -2.13. The second kappa shape index (κ2) is 6.61. The van der Waals surface area contributed by atoms with E-state index in [9.17, 15) is 0 Å². The molecule has 1 aromatic heterocycles. The van der Waals surface area contributed by atoms with Crippen LogP contribution in [0.4, 0.5) is 0 Å². The summed E-state index contributed by atoms with van der Waals surface area (Å²) in [7, 11) is 0. The molecule has 2 aromatic rings. The quantitative estimate of drug-likeness (QED) is 0.875. The summed E-state index contributed by atoms with van der Waals surface area (Å²) in [6, 6.07) is 8.75. The molecule has 1 heterocycles. The molecule has 3 heteroatoms. The van der Waals surface area contributed by atoms with Crippen LogP contribution in [-0.4, -0.2) is 15.8 Å². The van der Waals surface area contributed by atoms with Crippen molar-refractivity contribution in [1.82, 2.24) is 9.78 Å². The highest BCUT2D eigenvalue weighted by Crippen LogP contribution is 2.29. The minimum absolute atomic E-state index is 0.245. The van der Waals surface area contributed by atoms with Crippen LogP contribution in [0.25, 0.3) is 10.9 Å². The summed E-state index contributed by atoms with van der Waals surface area (Å²) in [6.07, 6.45) is 9.02. The maximum atomic E-state index is 6.38. The number of para-hydroxylation sites is 1. The Hall–Kier alpha value is -1.35. The normalized spacial score (nSPS) is 17.6. The zero-order chi connectivity index (χ0) is 14.7. The smallest absolute Gasteiger partial charge is 0.0718 e. The highest BCUT2D eigenvalue weighted by atomic mass is 15.3. The Morgan fingerprint density at radius 2 is 2.05 bits per heavy atom. The van der Waals surface area contributed by atoms with E-state index in [1.165, 1.54) is 48.7 Å². The lowest BCUT2D eigenvalue weighted by Crippen LogP contribution is -2.24. The van der Waals surface area contributed by atoms with E-state index in [1.807, 2.05) is 0 Å². The van der Waals surface area contributed by atoms with Crippen molar-refractivity contribution < 1.29 is 0 Å². The molecule has 3 nitrogen and oxygen atoms in total. The number of aromatic nitrogens is 2. The summed E-state index contributed by atoms with van der Waals surface area (Å²) in [5.41, 5.74) is 8.78. The minimum Gasteiger partial charge on any atom is -0.327 e. The predicted octanol–water partition coefficient (Wildman–Crippen LogP) is 3.90. The van der Waals surface area contributed by atoms with Crippen molar-refractivity contribution in [3.05, 3.63) is 30.0 Å². The molecule has 0 radical (unpaired) electrons. The van der Waals surface area contributed by atoms with Gasteiger partial charge in [-0.2, -0.15) is 5.10 Å². The number of fused-ring (bicyclic) bond motifs is 1. The van der Waals surface area contributed by atoms with Crippen LogP contribution in [0.15, 0.2) is 24.3 Å². The summed E-state index contributed by atoms with van der Waals surface area (Å²) in [5, 5.41) is 6.04. The number of nitrogens with zero attached hydrogens (tertiary/aromatic N) is 2. The average molecular weight is 285 g/mol. The highest BCUT2D eigenvalue weighted by molar-refractivity contribution is 5.82. The van der Waals surface area contributed by atoms with E-state index in [4.69, 9.17) is 10.8 Å². The Morgan fingerprint density at radius 1 is 1.29 bits per heavy atom. The topological polar surface area (TPSA) is 43.8 Å². The van der Waals surface area contributed by atoms with E-state index in [2.05, 4.69) is 35.9 Å². The van der Waals surface area contributed by atoms with Gasteiger partial charge in [0.2, 0.25) is 0 Å². The first kappa shape index (κ1) is 14.6. The molecular formula is C18H27N3.